The predicted octanol–water partition coefficient (Wildman–Crippen LogP) is 3.92. The molecule has 1 fully saturated rings. The van der Waals surface area contributed by atoms with Crippen LogP contribution in [-0.4, -0.2) is 34.9 Å². The van der Waals surface area contributed by atoms with Gasteiger partial charge in [0.05, 0.1) is 0 Å². The molecule has 4 rings (SSSR count). The lowest BCUT2D eigenvalue weighted by molar-refractivity contribution is -0.117. The predicted molar refractivity (Wildman–Crippen MR) is 109 cm³/mol. The first kappa shape index (κ1) is 18.3. The number of amides is 2. The largest absolute Gasteiger partial charge is 0.508 e. The van der Waals surface area contributed by atoms with Crippen molar-refractivity contribution in [2.45, 2.75) is 19.8 Å². The summed E-state index contributed by atoms with van der Waals surface area (Å²) in [4.78, 5) is 26.8. The van der Waals surface area contributed by atoms with Crippen molar-refractivity contribution in [3.8, 4) is 5.75 Å². The zero-order valence-corrected chi connectivity index (χ0v) is 15.9. The van der Waals surface area contributed by atoms with E-state index in [4.69, 9.17) is 0 Å². The van der Waals surface area contributed by atoms with E-state index < -0.39 is 0 Å². The molecule has 0 spiro atoms. The fraction of sp³-hybridized carbons (Fsp3) is 0.304. The maximum Gasteiger partial charge on any atom is 0.254 e. The van der Waals surface area contributed by atoms with E-state index in [1.54, 1.807) is 30.3 Å². The Morgan fingerprint density at radius 1 is 1.14 bits per heavy atom. The van der Waals surface area contributed by atoms with Crippen molar-refractivity contribution in [2.24, 2.45) is 11.8 Å². The fourth-order valence-corrected chi connectivity index (χ4v) is 3.63. The molecular formula is C23H24N2O3. The maximum absolute atomic E-state index is 12.9. The van der Waals surface area contributed by atoms with Crippen LogP contribution in [0.5, 0.6) is 5.75 Å². The second kappa shape index (κ2) is 7.50. The minimum Gasteiger partial charge on any atom is -0.508 e. The summed E-state index contributed by atoms with van der Waals surface area (Å²) in [5, 5.41) is 12.3. The van der Waals surface area contributed by atoms with Crippen LogP contribution in [0.15, 0.2) is 54.6 Å². The molecule has 2 unspecified atom stereocenters. The Labute approximate surface area is 164 Å². The van der Waals surface area contributed by atoms with Gasteiger partial charge in [-0.15, -0.1) is 0 Å². The highest BCUT2D eigenvalue weighted by Crippen LogP contribution is 2.38. The van der Waals surface area contributed by atoms with Crippen molar-refractivity contribution in [1.29, 1.82) is 0 Å². The number of hydrogen-bond acceptors (Lipinski definition) is 3. The van der Waals surface area contributed by atoms with E-state index >= 15 is 0 Å². The quantitative estimate of drug-likeness (QED) is 0.850. The number of nitrogens with one attached hydrogen (secondary N) is 1. The highest BCUT2D eigenvalue weighted by molar-refractivity contribution is 5.98. The van der Waals surface area contributed by atoms with Crippen molar-refractivity contribution in [3.05, 3.63) is 65.7 Å². The van der Waals surface area contributed by atoms with E-state index in [9.17, 15) is 14.7 Å². The zero-order valence-electron chi connectivity index (χ0n) is 15.9. The number of carbonyl (C=O) groups is 2. The summed E-state index contributed by atoms with van der Waals surface area (Å²) in [5.41, 5.74) is 3.52. The third-order valence-electron chi connectivity index (χ3n) is 5.56. The van der Waals surface area contributed by atoms with Gasteiger partial charge in [-0.3, -0.25) is 9.59 Å². The zero-order chi connectivity index (χ0) is 19.7. The average molecular weight is 376 g/mol. The van der Waals surface area contributed by atoms with E-state index in [2.05, 4.69) is 18.3 Å². The molecule has 0 saturated heterocycles. The van der Waals surface area contributed by atoms with Crippen LogP contribution >= 0.6 is 0 Å². The van der Waals surface area contributed by atoms with Gasteiger partial charge < -0.3 is 15.3 Å². The number of benzene rings is 2. The van der Waals surface area contributed by atoms with Gasteiger partial charge in [0, 0.05) is 30.3 Å². The SMILES string of the molecule is CC1CC1C(=O)Nc1cccc(C(=O)N2CC=C(c3ccc(O)cc3)CC2)c1. The Morgan fingerprint density at radius 3 is 2.54 bits per heavy atom. The molecule has 2 aliphatic rings. The summed E-state index contributed by atoms with van der Waals surface area (Å²) in [6.45, 7) is 3.26. The molecule has 0 radical (unpaired) electrons. The number of rotatable bonds is 4. The normalized spacial score (nSPS) is 21.0. The van der Waals surface area contributed by atoms with Gasteiger partial charge in [0.15, 0.2) is 0 Å². The summed E-state index contributed by atoms with van der Waals surface area (Å²) < 4.78 is 0. The number of nitrogens with zero attached hydrogens (tertiary/aromatic N) is 1. The van der Waals surface area contributed by atoms with Crippen molar-refractivity contribution in [3.63, 3.8) is 0 Å². The summed E-state index contributed by atoms with van der Waals surface area (Å²) in [7, 11) is 0. The third-order valence-corrected chi connectivity index (χ3v) is 5.56. The molecule has 2 aromatic rings. The standard InChI is InChI=1S/C23H24N2O3/c1-15-13-21(15)22(27)24-19-4-2-3-18(14-19)23(28)25-11-9-17(10-12-25)16-5-7-20(26)8-6-16/h2-9,14-15,21,26H,10-13H2,1H3,(H,24,27). The molecule has 2 N–H and O–H groups in total. The van der Waals surface area contributed by atoms with Crippen molar-refractivity contribution < 1.29 is 14.7 Å². The molecule has 5 heteroatoms. The second-order valence-electron chi connectivity index (χ2n) is 7.67. The minimum atomic E-state index is -0.0307. The van der Waals surface area contributed by atoms with Crippen LogP contribution in [0, 0.1) is 11.8 Å². The van der Waals surface area contributed by atoms with E-state index in [-0.39, 0.29) is 23.5 Å². The lowest BCUT2D eigenvalue weighted by Crippen LogP contribution is -2.34. The van der Waals surface area contributed by atoms with Crippen molar-refractivity contribution in [1.82, 2.24) is 4.90 Å². The van der Waals surface area contributed by atoms with Gasteiger partial charge in [0.2, 0.25) is 5.91 Å². The van der Waals surface area contributed by atoms with Crippen LogP contribution in [-0.2, 0) is 4.79 Å². The topological polar surface area (TPSA) is 69.6 Å². The van der Waals surface area contributed by atoms with Crippen LogP contribution in [0.2, 0.25) is 0 Å². The number of hydrogen-bond donors (Lipinski definition) is 2. The molecule has 1 aliphatic heterocycles. The first-order valence-corrected chi connectivity index (χ1v) is 9.70. The van der Waals surface area contributed by atoms with Crippen LogP contribution in [0.3, 0.4) is 0 Å². The molecule has 1 saturated carbocycles. The van der Waals surface area contributed by atoms with Gasteiger partial charge in [-0.25, -0.2) is 0 Å². The second-order valence-corrected chi connectivity index (χ2v) is 7.67. The van der Waals surface area contributed by atoms with Crippen LogP contribution in [0.1, 0.15) is 35.7 Å². The van der Waals surface area contributed by atoms with Gasteiger partial charge in [0.25, 0.3) is 5.91 Å². The molecule has 28 heavy (non-hydrogen) atoms. The Kier molecular flexibility index (Phi) is 4.90. The fourth-order valence-electron chi connectivity index (χ4n) is 3.63. The summed E-state index contributed by atoms with van der Waals surface area (Å²) in [6, 6.07) is 14.3. The Morgan fingerprint density at radius 2 is 1.89 bits per heavy atom. The van der Waals surface area contributed by atoms with E-state index in [1.807, 2.05) is 23.1 Å². The first-order chi connectivity index (χ1) is 13.5. The van der Waals surface area contributed by atoms with Crippen molar-refractivity contribution >= 4 is 23.1 Å². The molecule has 0 aromatic heterocycles. The molecule has 2 amide bonds. The summed E-state index contributed by atoms with van der Waals surface area (Å²) >= 11 is 0. The van der Waals surface area contributed by atoms with E-state index in [0.29, 0.717) is 30.3 Å². The Hall–Kier alpha value is -3.08. The molecule has 1 heterocycles. The van der Waals surface area contributed by atoms with E-state index in [0.717, 1.165) is 18.4 Å². The molecule has 2 aromatic carbocycles. The molecule has 0 bridgehead atoms. The Balaban J connectivity index is 1.41. The number of anilines is 1. The van der Waals surface area contributed by atoms with Crippen LogP contribution in [0.25, 0.3) is 5.57 Å². The smallest absolute Gasteiger partial charge is 0.254 e. The lowest BCUT2D eigenvalue weighted by Gasteiger charge is -2.27. The monoisotopic (exact) mass is 376 g/mol. The third kappa shape index (κ3) is 3.93. The van der Waals surface area contributed by atoms with Gasteiger partial charge in [0.1, 0.15) is 5.75 Å². The van der Waals surface area contributed by atoms with Gasteiger partial charge in [-0.05, 0) is 60.2 Å². The highest BCUT2D eigenvalue weighted by Gasteiger charge is 2.39. The number of phenols is 1. The maximum atomic E-state index is 12.9. The minimum absolute atomic E-state index is 0.0307. The Bertz CT molecular complexity index is 933. The summed E-state index contributed by atoms with van der Waals surface area (Å²) in [6.07, 6.45) is 3.77. The van der Waals surface area contributed by atoms with Crippen LogP contribution in [0.4, 0.5) is 5.69 Å². The summed E-state index contributed by atoms with van der Waals surface area (Å²) in [5.74, 6) is 0.811. The molecule has 5 nitrogen and oxygen atoms in total. The molecule has 2 atom stereocenters. The highest BCUT2D eigenvalue weighted by atomic mass is 16.3. The molecule has 144 valence electrons. The molecule has 1 aliphatic carbocycles. The number of aromatic hydroxyl groups is 1. The van der Waals surface area contributed by atoms with Crippen LogP contribution < -0.4 is 5.32 Å². The van der Waals surface area contributed by atoms with Gasteiger partial charge in [-0.1, -0.05) is 31.2 Å². The number of phenolic OH excluding ortho intramolecular Hbond substituents is 1. The average Bonchev–Trinajstić information content (AvgIpc) is 3.45. The number of carbonyl (C=O) groups excluding carboxylic acids is 2. The van der Waals surface area contributed by atoms with Gasteiger partial charge >= 0.3 is 0 Å². The van der Waals surface area contributed by atoms with Gasteiger partial charge in [-0.2, -0.15) is 0 Å². The first-order valence-electron chi connectivity index (χ1n) is 9.70. The lowest BCUT2D eigenvalue weighted by atomic mass is 9.99. The van der Waals surface area contributed by atoms with Crippen molar-refractivity contribution in [2.75, 3.05) is 18.4 Å². The molecular weight excluding hydrogens is 352 g/mol. The van der Waals surface area contributed by atoms with E-state index in [1.165, 1.54) is 5.57 Å².